The number of rotatable bonds is 6. The zero-order valence-corrected chi connectivity index (χ0v) is 17.6. The molecule has 9 heteroatoms. The van der Waals surface area contributed by atoms with E-state index < -0.39 is 27.4 Å². The summed E-state index contributed by atoms with van der Waals surface area (Å²) >= 11 is 6.87. The molecular weight excluding hydrogens is 432 g/mol. The Morgan fingerprint density at radius 3 is 2.52 bits per heavy atom. The summed E-state index contributed by atoms with van der Waals surface area (Å²) in [5, 5.41) is 10.4. The lowest BCUT2D eigenvalue weighted by atomic mass is 10.1. The molecule has 2 N–H and O–H groups in total. The third-order valence-electron chi connectivity index (χ3n) is 5.24. The topological polar surface area (TPSA) is 96.4 Å². The molecule has 0 radical (unpaired) electrons. The molecule has 150 valence electrons. The number of aliphatic carboxylic acids is 1. The molecule has 2 aromatic heterocycles. The SMILES string of the molecule is CC1[C@H](c2ccccc2)C1(NS(=O)(=O)c1ccc(-c2ccc(Cl)cn2)s1)C(=O)O. The van der Waals surface area contributed by atoms with E-state index in [4.69, 9.17) is 11.6 Å². The van der Waals surface area contributed by atoms with Gasteiger partial charge < -0.3 is 5.11 Å². The fourth-order valence-corrected chi connectivity index (χ4v) is 6.55. The monoisotopic (exact) mass is 448 g/mol. The van der Waals surface area contributed by atoms with Crippen LogP contribution < -0.4 is 4.72 Å². The highest BCUT2D eigenvalue weighted by atomic mass is 35.5. The first-order valence-corrected chi connectivity index (χ1v) is 11.5. The van der Waals surface area contributed by atoms with Crippen LogP contribution in [0.15, 0.2) is 65.0 Å². The van der Waals surface area contributed by atoms with Gasteiger partial charge in [0.2, 0.25) is 0 Å². The maximum Gasteiger partial charge on any atom is 0.325 e. The van der Waals surface area contributed by atoms with Crippen LogP contribution in [0.25, 0.3) is 10.6 Å². The van der Waals surface area contributed by atoms with Gasteiger partial charge in [0.05, 0.1) is 15.6 Å². The summed E-state index contributed by atoms with van der Waals surface area (Å²) in [5.74, 6) is -2.00. The lowest BCUT2D eigenvalue weighted by Crippen LogP contribution is -2.45. The van der Waals surface area contributed by atoms with Gasteiger partial charge in [-0.05, 0) is 35.7 Å². The molecule has 1 saturated carbocycles. The third-order valence-corrected chi connectivity index (χ3v) is 8.55. The van der Waals surface area contributed by atoms with Crippen molar-refractivity contribution in [2.45, 2.75) is 22.6 Å². The van der Waals surface area contributed by atoms with Crippen molar-refractivity contribution in [3.63, 3.8) is 0 Å². The molecule has 0 saturated heterocycles. The van der Waals surface area contributed by atoms with Gasteiger partial charge in [0.15, 0.2) is 0 Å². The number of hydrogen-bond acceptors (Lipinski definition) is 5. The molecule has 1 aliphatic rings. The zero-order chi connectivity index (χ0) is 20.8. The predicted octanol–water partition coefficient (Wildman–Crippen LogP) is 4.00. The Balaban J connectivity index is 1.64. The van der Waals surface area contributed by atoms with Crippen molar-refractivity contribution in [1.82, 2.24) is 9.71 Å². The summed E-state index contributed by atoms with van der Waals surface area (Å²) in [7, 11) is -4.04. The predicted molar refractivity (Wildman–Crippen MR) is 112 cm³/mol. The Morgan fingerprint density at radius 2 is 1.90 bits per heavy atom. The molecule has 0 bridgehead atoms. The van der Waals surface area contributed by atoms with Gasteiger partial charge in [0.1, 0.15) is 9.75 Å². The molecule has 4 rings (SSSR count). The van der Waals surface area contributed by atoms with E-state index in [0.717, 1.165) is 16.9 Å². The van der Waals surface area contributed by atoms with Crippen molar-refractivity contribution in [3.05, 3.63) is 71.4 Å². The zero-order valence-electron chi connectivity index (χ0n) is 15.2. The molecule has 29 heavy (non-hydrogen) atoms. The van der Waals surface area contributed by atoms with E-state index in [1.165, 1.54) is 12.3 Å². The van der Waals surface area contributed by atoms with E-state index in [1.807, 2.05) is 30.3 Å². The van der Waals surface area contributed by atoms with Crippen molar-refractivity contribution >= 4 is 38.9 Å². The maximum atomic E-state index is 13.0. The van der Waals surface area contributed by atoms with Crippen LogP contribution in [0.3, 0.4) is 0 Å². The summed E-state index contributed by atoms with van der Waals surface area (Å²) in [6.07, 6.45) is 1.48. The number of aromatic nitrogens is 1. The minimum Gasteiger partial charge on any atom is -0.480 e. The number of carboxylic acids is 1. The lowest BCUT2D eigenvalue weighted by molar-refractivity contribution is -0.140. The van der Waals surface area contributed by atoms with E-state index in [2.05, 4.69) is 9.71 Å². The van der Waals surface area contributed by atoms with Gasteiger partial charge in [-0.25, -0.2) is 8.42 Å². The van der Waals surface area contributed by atoms with Crippen LogP contribution in [0.4, 0.5) is 0 Å². The highest BCUT2D eigenvalue weighted by Crippen LogP contribution is 2.58. The molecule has 3 atom stereocenters. The Kier molecular flexibility index (Phi) is 4.98. The second-order valence-corrected chi connectivity index (χ2v) is 10.4. The molecule has 1 fully saturated rings. The Labute approximate surface area is 177 Å². The van der Waals surface area contributed by atoms with Crippen LogP contribution in [0.2, 0.25) is 5.02 Å². The van der Waals surface area contributed by atoms with Crippen molar-refractivity contribution in [1.29, 1.82) is 0 Å². The van der Waals surface area contributed by atoms with Gasteiger partial charge in [0, 0.05) is 12.1 Å². The highest BCUT2D eigenvalue weighted by Gasteiger charge is 2.70. The highest BCUT2D eigenvalue weighted by molar-refractivity contribution is 7.91. The quantitative estimate of drug-likeness (QED) is 0.594. The number of benzene rings is 1. The number of carboxylic acid groups (broad SMARTS) is 1. The third kappa shape index (κ3) is 3.46. The van der Waals surface area contributed by atoms with Crippen LogP contribution in [0, 0.1) is 5.92 Å². The number of thiophene rings is 1. The smallest absolute Gasteiger partial charge is 0.325 e. The van der Waals surface area contributed by atoms with Gasteiger partial charge in [-0.15, -0.1) is 11.3 Å². The number of hydrogen-bond donors (Lipinski definition) is 2. The summed E-state index contributed by atoms with van der Waals surface area (Å²) in [6.45, 7) is 1.74. The molecular formula is C20H17ClN2O4S2. The van der Waals surface area contributed by atoms with Crippen molar-refractivity contribution < 1.29 is 18.3 Å². The molecule has 0 amide bonds. The van der Waals surface area contributed by atoms with Crippen molar-refractivity contribution in [2.75, 3.05) is 0 Å². The molecule has 2 heterocycles. The molecule has 0 aliphatic heterocycles. The van der Waals surface area contributed by atoms with E-state index >= 15 is 0 Å². The Morgan fingerprint density at radius 1 is 1.17 bits per heavy atom. The van der Waals surface area contributed by atoms with Gasteiger partial charge in [0.25, 0.3) is 10.0 Å². The van der Waals surface area contributed by atoms with Gasteiger partial charge in [-0.2, -0.15) is 4.72 Å². The Bertz CT molecular complexity index is 1160. The number of sulfonamides is 1. The first-order valence-electron chi connectivity index (χ1n) is 8.80. The standard InChI is InChI=1S/C20H17ClN2O4S2/c1-12-18(13-5-3-2-4-6-13)20(12,19(24)25)23-29(26,27)17-10-9-16(28-17)15-8-7-14(21)11-22-15/h2-12,18,23H,1H3,(H,24,25)/t12?,18-,20?/m1/s1. The number of nitrogens with zero attached hydrogens (tertiary/aromatic N) is 1. The maximum absolute atomic E-state index is 13.0. The number of halogens is 1. The van der Waals surface area contributed by atoms with E-state index in [1.54, 1.807) is 25.1 Å². The summed E-state index contributed by atoms with van der Waals surface area (Å²) < 4.78 is 28.5. The second-order valence-electron chi connectivity index (χ2n) is 6.94. The second kappa shape index (κ2) is 7.21. The molecule has 1 aromatic carbocycles. The van der Waals surface area contributed by atoms with Gasteiger partial charge >= 0.3 is 5.97 Å². The number of pyridine rings is 1. The average Bonchev–Trinajstić information content (AvgIpc) is 3.05. The molecule has 2 unspecified atom stereocenters. The summed E-state index contributed by atoms with van der Waals surface area (Å²) in [5.41, 5.74) is -0.179. The number of carbonyl (C=O) groups is 1. The average molecular weight is 449 g/mol. The fourth-order valence-electron chi connectivity index (χ4n) is 3.70. The van der Waals surface area contributed by atoms with Crippen LogP contribution in [0.5, 0.6) is 0 Å². The molecule has 6 nitrogen and oxygen atoms in total. The minimum atomic E-state index is -4.04. The van der Waals surface area contributed by atoms with E-state index in [-0.39, 0.29) is 10.1 Å². The van der Waals surface area contributed by atoms with Crippen LogP contribution in [-0.2, 0) is 14.8 Å². The van der Waals surface area contributed by atoms with Gasteiger partial charge in [-0.1, -0.05) is 48.9 Å². The van der Waals surface area contributed by atoms with Gasteiger partial charge in [-0.3, -0.25) is 9.78 Å². The Hall–Kier alpha value is -2.26. The minimum absolute atomic E-state index is 0.0378. The largest absolute Gasteiger partial charge is 0.480 e. The number of nitrogens with one attached hydrogen (secondary N) is 1. The molecule has 1 aliphatic carbocycles. The lowest BCUT2D eigenvalue weighted by Gasteiger charge is -2.15. The summed E-state index contributed by atoms with van der Waals surface area (Å²) in [6, 6.07) is 15.6. The first-order chi connectivity index (χ1) is 13.8. The normalized spacial score (nSPS) is 23.7. The summed E-state index contributed by atoms with van der Waals surface area (Å²) in [4.78, 5) is 16.9. The van der Waals surface area contributed by atoms with E-state index in [0.29, 0.717) is 15.6 Å². The van der Waals surface area contributed by atoms with E-state index in [9.17, 15) is 18.3 Å². The van der Waals surface area contributed by atoms with Crippen LogP contribution in [-0.4, -0.2) is 30.0 Å². The fraction of sp³-hybridized carbons (Fsp3) is 0.200. The van der Waals surface area contributed by atoms with Crippen LogP contribution >= 0.6 is 22.9 Å². The van der Waals surface area contributed by atoms with Crippen LogP contribution in [0.1, 0.15) is 18.4 Å². The molecule has 0 spiro atoms. The van der Waals surface area contributed by atoms with Crippen molar-refractivity contribution in [2.24, 2.45) is 5.92 Å². The first kappa shape index (κ1) is 20.0. The molecule has 3 aromatic rings. The van der Waals surface area contributed by atoms with Crippen molar-refractivity contribution in [3.8, 4) is 10.6 Å².